The largest absolute Gasteiger partial charge is 0.396 e. The zero-order chi connectivity index (χ0) is 13.1. The summed E-state index contributed by atoms with van der Waals surface area (Å²) in [6.07, 6.45) is 2.47. The Hall–Kier alpha value is -0.120. The van der Waals surface area contributed by atoms with Gasteiger partial charge in [-0.25, -0.2) is 0 Å². The molecule has 0 spiro atoms. The van der Waals surface area contributed by atoms with Gasteiger partial charge in [-0.15, -0.1) is 0 Å². The maximum atomic E-state index is 9.31. The van der Waals surface area contributed by atoms with Gasteiger partial charge in [0.05, 0.1) is 13.2 Å². The van der Waals surface area contributed by atoms with Crippen LogP contribution in [-0.4, -0.2) is 48.0 Å². The Labute approximate surface area is 106 Å². The van der Waals surface area contributed by atoms with Gasteiger partial charge in [-0.1, -0.05) is 27.7 Å². The Balaban J connectivity index is 2.42. The third-order valence-corrected chi connectivity index (χ3v) is 4.18. The van der Waals surface area contributed by atoms with E-state index in [4.69, 9.17) is 0 Å². The fraction of sp³-hybridized carbons (Fsp3) is 1.00. The second-order valence-corrected chi connectivity index (χ2v) is 7.04. The molecule has 0 bridgehead atoms. The van der Waals surface area contributed by atoms with Crippen LogP contribution in [0.25, 0.3) is 0 Å². The molecule has 1 saturated heterocycles. The van der Waals surface area contributed by atoms with Crippen LogP contribution < -0.4 is 0 Å². The monoisotopic (exact) mass is 243 g/mol. The van der Waals surface area contributed by atoms with Gasteiger partial charge in [0, 0.05) is 12.0 Å². The lowest BCUT2D eigenvalue weighted by atomic mass is 9.75. The highest BCUT2D eigenvalue weighted by Gasteiger charge is 2.32. The molecule has 3 nitrogen and oxygen atoms in total. The van der Waals surface area contributed by atoms with Gasteiger partial charge in [0.25, 0.3) is 0 Å². The minimum absolute atomic E-state index is 0.0582. The maximum absolute atomic E-state index is 9.31. The molecule has 0 radical (unpaired) electrons. The van der Waals surface area contributed by atoms with Crippen molar-refractivity contribution in [1.82, 2.24) is 4.90 Å². The van der Waals surface area contributed by atoms with Gasteiger partial charge in [-0.05, 0) is 37.3 Å². The number of aliphatic hydroxyl groups is 2. The Bertz CT molecular complexity index is 223. The number of rotatable bonds is 4. The van der Waals surface area contributed by atoms with Gasteiger partial charge in [-0.2, -0.15) is 0 Å². The molecule has 3 heteroatoms. The molecule has 0 aromatic rings. The van der Waals surface area contributed by atoms with E-state index in [1.807, 2.05) is 6.92 Å². The molecule has 1 aliphatic rings. The summed E-state index contributed by atoms with van der Waals surface area (Å²) < 4.78 is 0. The first-order valence-corrected chi connectivity index (χ1v) is 6.75. The molecule has 1 fully saturated rings. The molecule has 0 aromatic heterocycles. The predicted octanol–water partition coefficient (Wildman–Crippen LogP) is 1.74. The first-order valence-electron chi connectivity index (χ1n) is 6.75. The number of hydrogen-bond donors (Lipinski definition) is 2. The van der Waals surface area contributed by atoms with E-state index in [1.165, 1.54) is 12.8 Å². The summed E-state index contributed by atoms with van der Waals surface area (Å²) in [5, 5.41) is 18.6. The highest BCUT2D eigenvalue weighted by Crippen LogP contribution is 2.34. The zero-order valence-corrected chi connectivity index (χ0v) is 11.9. The number of nitrogens with zero attached hydrogens (tertiary/aromatic N) is 1. The van der Waals surface area contributed by atoms with Crippen LogP contribution in [0.15, 0.2) is 0 Å². The minimum Gasteiger partial charge on any atom is -0.396 e. The second kappa shape index (κ2) is 5.68. The van der Waals surface area contributed by atoms with Crippen LogP contribution in [-0.2, 0) is 0 Å². The van der Waals surface area contributed by atoms with Crippen LogP contribution >= 0.6 is 0 Å². The van der Waals surface area contributed by atoms with E-state index in [9.17, 15) is 10.2 Å². The van der Waals surface area contributed by atoms with Gasteiger partial charge >= 0.3 is 0 Å². The topological polar surface area (TPSA) is 43.7 Å². The van der Waals surface area contributed by atoms with Crippen molar-refractivity contribution in [3.63, 3.8) is 0 Å². The minimum atomic E-state index is -0.353. The molecule has 1 aliphatic heterocycles. The van der Waals surface area contributed by atoms with Crippen molar-refractivity contribution < 1.29 is 10.2 Å². The number of piperidine rings is 1. The molecule has 1 heterocycles. The molecular weight excluding hydrogens is 214 g/mol. The molecule has 1 rings (SSSR count). The highest BCUT2D eigenvalue weighted by atomic mass is 16.3. The van der Waals surface area contributed by atoms with E-state index < -0.39 is 0 Å². The Morgan fingerprint density at radius 2 is 1.47 bits per heavy atom. The molecule has 0 aromatic carbocycles. The van der Waals surface area contributed by atoms with E-state index in [0.717, 1.165) is 25.6 Å². The first-order chi connectivity index (χ1) is 7.80. The smallest absolute Gasteiger partial charge is 0.0519 e. The quantitative estimate of drug-likeness (QED) is 0.790. The van der Waals surface area contributed by atoms with Crippen molar-refractivity contribution in [3.05, 3.63) is 0 Å². The van der Waals surface area contributed by atoms with E-state index >= 15 is 0 Å². The summed E-state index contributed by atoms with van der Waals surface area (Å²) in [5.74, 6) is 0.799. The molecule has 17 heavy (non-hydrogen) atoms. The van der Waals surface area contributed by atoms with Gasteiger partial charge < -0.3 is 15.1 Å². The van der Waals surface area contributed by atoms with Crippen molar-refractivity contribution in [2.75, 3.05) is 32.8 Å². The summed E-state index contributed by atoms with van der Waals surface area (Å²) >= 11 is 0. The Morgan fingerprint density at radius 1 is 1.00 bits per heavy atom. The summed E-state index contributed by atoms with van der Waals surface area (Å²) in [7, 11) is 0. The molecule has 0 saturated carbocycles. The van der Waals surface area contributed by atoms with Gasteiger partial charge in [0.15, 0.2) is 0 Å². The van der Waals surface area contributed by atoms with Crippen LogP contribution in [0, 0.1) is 16.7 Å². The number of hydrogen-bond acceptors (Lipinski definition) is 3. The van der Waals surface area contributed by atoms with Crippen molar-refractivity contribution in [3.8, 4) is 0 Å². The predicted molar refractivity (Wildman–Crippen MR) is 70.9 cm³/mol. The van der Waals surface area contributed by atoms with Gasteiger partial charge in [-0.3, -0.25) is 0 Å². The first kappa shape index (κ1) is 14.9. The standard InChI is InChI=1S/C14H29NO2/c1-13(2,3)12-5-7-15(8-6-12)9-14(4,10-16)11-17/h12,16-17H,5-11H2,1-4H3. The highest BCUT2D eigenvalue weighted by molar-refractivity contribution is 4.84. The van der Waals surface area contributed by atoms with Crippen LogP contribution in [0.1, 0.15) is 40.5 Å². The third kappa shape index (κ3) is 4.23. The lowest BCUT2D eigenvalue weighted by Crippen LogP contribution is -2.45. The fourth-order valence-corrected chi connectivity index (χ4v) is 2.65. The molecule has 0 amide bonds. The lowest BCUT2D eigenvalue weighted by molar-refractivity contribution is 0.0164. The average molecular weight is 243 g/mol. The van der Waals surface area contributed by atoms with E-state index in [2.05, 4.69) is 25.7 Å². The van der Waals surface area contributed by atoms with Crippen molar-refractivity contribution in [2.24, 2.45) is 16.7 Å². The van der Waals surface area contributed by atoms with E-state index in [0.29, 0.717) is 5.41 Å². The fourth-order valence-electron chi connectivity index (χ4n) is 2.65. The van der Waals surface area contributed by atoms with Crippen molar-refractivity contribution in [2.45, 2.75) is 40.5 Å². The van der Waals surface area contributed by atoms with Gasteiger partial charge in [0.2, 0.25) is 0 Å². The van der Waals surface area contributed by atoms with Gasteiger partial charge in [0.1, 0.15) is 0 Å². The Kier molecular flexibility index (Phi) is 4.99. The van der Waals surface area contributed by atoms with Crippen LogP contribution in [0.5, 0.6) is 0 Å². The molecule has 0 unspecified atom stereocenters. The summed E-state index contributed by atoms with van der Waals surface area (Å²) in [4.78, 5) is 2.38. The number of aliphatic hydroxyl groups excluding tert-OH is 2. The molecule has 102 valence electrons. The third-order valence-electron chi connectivity index (χ3n) is 4.18. The second-order valence-electron chi connectivity index (χ2n) is 7.04. The zero-order valence-electron chi connectivity index (χ0n) is 11.9. The lowest BCUT2D eigenvalue weighted by Gasteiger charge is -2.41. The van der Waals surface area contributed by atoms with Crippen molar-refractivity contribution >= 4 is 0 Å². The molecule has 0 aliphatic carbocycles. The van der Waals surface area contributed by atoms with Crippen molar-refractivity contribution in [1.29, 1.82) is 0 Å². The average Bonchev–Trinajstić information content (AvgIpc) is 2.28. The maximum Gasteiger partial charge on any atom is 0.0519 e. The molecule has 2 N–H and O–H groups in total. The van der Waals surface area contributed by atoms with Crippen LogP contribution in [0.2, 0.25) is 0 Å². The van der Waals surface area contributed by atoms with Crippen LogP contribution in [0.3, 0.4) is 0 Å². The summed E-state index contributed by atoms with van der Waals surface area (Å²) in [6.45, 7) is 12.0. The Morgan fingerprint density at radius 3 is 1.82 bits per heavy atom. The molecular formula is C14H29NO2. The van der Waals surface area contributed by atoms with E-state index in [-0.39, 0.29) is 18.6 Å². The summed E-state index contributed by atoms with van der Waals surface area (Å²) in [5.41, 5.74) is 0.0535. The summed E-state index contributed by atoms with van der Waals surface area (Å²) in [6, 6.07) is 0. The van der Waals surface area contributed by atoms with E-state index in [1.54, 1.807) is 0 Å². The van der Waals surface area contributed by atoms with Crippen LogP contribution in [0.4, 0.5) is 0 Å². The molecule has 0 atom stereocenters. The number of likely N-dealkylation sites (tertiary alicyclic amines) is 1. The normalized spacial score (nSPS) is 20.8. The SMILES string of the molecule is CC(CO)(CO)CN1CCC(C(C)(C)C)CC1.